The number of nitrogens with one attached hydrogen (secondary N) is 1. The largest absolute Gasteiger partial charge is 0.330 e. The van der Waals surface area contributed by atoms with Gasteiger partial charge in [-0.05, 0) is 50.7 Å². The van der Waals surface area contributed by atoms with Gasteiger partial charge in [0.1, 0.15) is 5.69 Å². The maximum atomic E-state index is 13.1. The molecule has 2 aromatic heterocycles. The molecule has 26 heavy (non-hydrogen) atoms. The average molecular weight is 355 g/mol. The predicted octanol–water partition coefficient (Wildman–Crippen LogP) is 3.14. The molecule has 0 spiro atoms. The lowest BCUT2D eigenvalue weighted by Crippen LogP contribution is -2.31. The van der Waals surface area contributed by atoms with Crippen LogP contribution in [0.1, 0.15) is 67.1 Å². The number of hydrogen-bond acceptors (Lipinski definition) is 4. The lowest BCUT2D eigenvalue weighted by Gasteiger charge is -2.25. The van der Waals surface area contributed by atoms with E-state index in [4.69, 9.17) is 0 Å². The van der Waals surface area contributed by atoms with E-state index < -0.39 is 0 Å². The molecule has 1 saturated heterocycles. The van der Waals surface area contributed by atoms with Crippen LogP contribution in [0, 0.1) is 0 Å². The van der Waals surface area contributed by atoms with Crippen LogP contribution in [0.2, 0.25) is 0 Å². The third-order valence-corrected chi connectivity index (χ3v) is 4.82. The zero-order chi connectivity index (χ0) is 18.9. The van der Waals surface area contributed by atoms with Crippen molar-refractivity contribution in [1.29, 1.82) is 0 Å². The summed E-state index contributed by atoms with van der Waals surface area (Å²) >= 11 is 0. The molecule has 0 aromatic carbocycles. The molecule has 0 unspecified atom stereocenters. The topological polar surface area (TPSA) is 65.1 Å². The van der Waals surface area contributed by atoms with Crippen molar-refractivity contribution < 1.29 is 4.79 Å². The van der Waals surface area contributed by atoms with Crippen LogP contribution in [-0.2, 0) is 12.0 Å². The molecule has 0 radical (unpaired) electrons. The number of rotatable bonds is 4. The predicted molar refractivity (Wildman–Crippen MR) is 102 cm³/mol. The number of aromatic amines is 1. The van der Waals surface area contributed by atoms with Crippen LogP contribution in [0.5, 0.6) is 0 Å². The lowest BCUT2D eigenvalue weighted by atomic mass is 9.92. The number of pyridine rings is 1. The fourth-order valence-corrected chi connectivity index (χ4v) is 3.43. The molecule has 6 heteroatoms. The summed E-state index contributed by atoms with van der Waals surface area (Å²) in [4.78, 5) is 21.6. The first kappa shape index (κ1) is 18.6. The summed E-state index contributed by atoms with van der Waals surface area (Å²) in [6.07, 6.45) is 3.84. The summed E-state index contributed by atoms with van der Waals surface area (Å²) in [6.45, 7) is 7.89. The minimum Gasteiger partial charge on any atom is -0.330 e. The van der Waals surface area contributed by atoms with Crippen LogP contribution in [-0.4, -0.2) is 51.5 Å². The second-order valence-electron chi connectivity index (χ2n) is 8.39. The van der Waals surface area contributed by atoms with Gasteiger partial charge >= 0.3 is 0 Å². The molecule has 0 aliphatic carbocycles. The van der Waals surface area contributed by atoms with Crippen molar-refractivity contribution in [2.75, 3.05) is 20.6 Å². The van der Waals surface area contributed by atoms with Crippen molar-refractivity contribution in [3.8, 4) is 0 Å². The van der Waals surface area contributed by atoms with Gasteiger partial charge in [0.25, 0.3) is 5.91 Å². The Kier molecular flexibility index (Phi) is 5.14. The van der Waals surface area contributed by atoms with E-state index in [0.29, 0.717) is 5.69 Å². The highest BCUT2D eigenvalue weighted by Crippen LogP contribution is 2.33. The van der Waals surface area contributed by atoms with Crippen LogP contribution < -0.4 is 0 Å². The minimum atomic E-state index is -0.0535. The fraction of sp³-hybridized carbons (Fsp3) is 0.550. The highest BCUT2D eigenvalue weighted by atomic mass is 16.2. The SMILES string of the molecule is CN(C)Cc1cc([C@H]2CCCN2C(=O)c2cc(C(C)(C)C)[nH]n2)ccn1. The molecule has 6 nitrogen and oxygen atoms in total. The van der Waals surface area contributed by atoms with E-state index in [9.17, 15) is 4.79 Å². The van der Waals surface area contributed by atoms with Crippen LogP contribution in [0.15, 0.2) is 24.4 Å². The standard InChI is InChI=1S/C20H29N5O/c1-20(2,3)18-12-16(22-23-18)19(26)25-10-6-7-17(25)14-8-9-21-15(11-14)13-24(4)5/h8-9,11-12,17H,6-7,10,13H2,1-5H3,(H,22,23)/t17-/m1/s1. The van der Waals surface area contributed by atoms with E-state index in [-0.39, 0.29) is 17.4 Å². The van der Waals surface area contributed by atoms with Gasteiger partial charge in [0, 0.05) is 30.4 Å². The van der Waals surface area contributed by atoms with Gasteiger partial charge in [-0.25, -0.2) is 0 Å². The number of likely N-dealkylation sites (tertiary alicyclic amines) is 1. The Labute approximate surface area is 155 Å². The number of carbonyl (C=O) groups is 1. The lowest BCUT2D eigenvalue weighted by molar-refractivity contribution is 0.0729. The molecule has 1 amide bonds. The van der Waals surface area contributed by atoms with Gasteiger partial charge in [0.05, 0.1) is 11.7 Å². The Morgan fingerprint density at radius 1 is 1.35 bits per heavy atom. The van der Waals surface area contributed by atoms with Gasteiger partial charge in [0.2, 0.25) is 0 Å². The Morgan fingerprint density at radius 2 is 2.12 bits per heavy atom. The normalized spacial score (nSPS) is 17.9. The zero-order valence-corrected chi connectivity index (χ0v) is 16.4. The zero-order valence-electron chi connectivity index (χ0n) is 16.4. The number of amides is 1. The Hall–Kier alpha value is -2.21. The van der Waals surface area contributed by atoms with Gasteiger partial charge in [-0.1, -0.05) is 20.8 Å². The molecule has 3 heterocycles. The molecule has 1 aliphatic rings. The van der Waals surface area contributed by atoms with Crippen molar-refractivity contribution >= 4 is 5.91 Å². The van der Waals surface area contributed by atoms with Gasteiger partial charge < -0.3 is 9.80 Å². The number of aromatic nitrogens is 3. The van der Waals surface area contributed by atoms with Crippen molar-refractivity contribution in [2.24, 2.45) is 0 Å². The summed E-state index contributed by atoms with van der Waals surface area (Å²) in [5.74, 6) is 0.00484. The Balaban J connectivity index is 1.82. The smallest absolute Gasteiger partial charge is 0.274 e. The van der Waals surface area contributed by atoms with E-state index in [1.165, 1.54) is 0 Å². The summed E-state index contributed by atoms with van der Waals surface area (Å²) in [5, 5.41) is 7.30. The highest BCUT2D eigenvalue weighted by Gasteiger charge is 2.32. The second-order valence-corrected chi connectivity index (χ2v) is 8.39. The van der Waals surface area contributed by atoms with Crippen molar-refractivity contribution in [1.82, 2.24) is 25.0 Å². The van der Waals surface area contributed by atoms with Gasteiger partial charge in [-0.15, -0.1) is 0 Å². The first-order valence-corrected chi connectivity index (χ1v) is 9.22. The molecule has 1 aliphatic heterocycles. The number of carbonyl (C=O) groups excluding carboxylic acids is 1. The quantitative estimate of drug-likeness (QED) is 0.915. The first-order chi connectivity index (χ1) is 12.3. The summed E-state index contributed by atoms with van der Waals surface area (Å²) in [6, 6.07) is 6.14. The molecule has 1 atom stereocenters. The third kappa shape index (κ3) is 3.96. The summed E-state index contributed by atoms with van der Waals surface area (Å²) < 4.78 is 0. The highest BCUT2D eigenvalue weighted by molar-refractivity contribution is 5.93. The first-order valence-electron chi connectivity index (χ1n) is 9.22. The number of H-pyrrole nitrogens is 1. The van der Waals surface area contributed by atoms with E-state index in [1.807, 2.05) is 37.3 Å². The molecule has 1 fully saturated rings. The van der Waals surface area contributed by atoms with Crippen LogP contribution in [0.25, 0.3) is 0 Å². The van der Waals surface area contributed by atoms with Crippen LogP contribution in [0.3, 0.4) is 0 Å². The Bertz CT molecular complexity index is 775. The molecule has 0 bridgehead atoms. The number of nitrogens with zero attached hydrogens (tertiary/aromatic N) is 4. The maximum Gasteiger partial charge on any atom is 0.274 e. The van der Waals surface area contributed by atoms with Crippen molar-refractivity contribution in [3.63, 3.8) is 0 Å². The molecule has 140 valence electrons. The molecular formula is C20H29N5O. The second kappa shape index (κ2) is 7.19. The average Bonchev–Trinajstić information content (AvgIpc) is 3.23. The Morgan fingerprint density at radius 3 is 2.77 bits per heavy atom. The van der Waals surface area contributed by atoms with E-state index in [0.717, 1.165) is 42.9 Å². The number of hydrogen-bond donors (Lipinski definition) is 1. The molecule has 3 rings (SSSR count). The van der Waals surface area contributed by atoms with Crippen LogP contribution >= 0.6 is 0 Å². The maximum absolute atomic E-state index is 13.1. The van der Waals surface area contributed by atoms with E-state index in [2.05, 4.69) is 46.9 Å². The molecule has 1 N–H and O–H groups in total. The van der Waals surface area contributed by atoms with Gasteiger partial charge in [0.15, 0.2) is 0 Å². The third-order valence-electron chi connectivity index (χ3n) is 4.82. The van der Waals surface area contributed by atoms with Crippen molar-refractivity contribution in [2.45, 2.75) is 51.6 Å². The summed E-state index contributed by atoms with van der Waals surface area (Å²) in [5.41, 5.74) is 3.62. The molecule has 0 saturated carbocycles. The van der Waals surface area contributed by atoms with Crippen LogP contribution in [0.4, 0.5) is 0 Å². The minimum absolute atomic E-state index is 0.00484. The monoisotopic (exact) mass is 355 g/mol. The molecule has 2 aromatic rings. The fourth-order valence-electron chi connectivity index (χ4n) is 3.43. The van der Waals surface area contributed by atoms with E-state index in [1.54, 1.807) is 0 Å². The van der Waals surface area contributed by atoms with E-state index >= 15 is 0 Å². The summed E-state index contributed by atoms with van der Waals surface area (Å²) in [7, 11) is 4.06. The van der Waals surface area contributed by atoms with Gasteiger partial charge in [-0.3, -0.25) is 14.9 Å². The molecular weight excluding hydrogens is 326 g/mol. The van der Waals surface area contributed by atoms with Gasteiger partial charge in [-0.2, -0.15) is 5.10 Å². The van der Waals surface area contributed by atoms with Crippen molar-refractivity contribution in [3.05, 3.63) is 47.0 Å².